The van der Waals surface area contributed by atoms with E-state index < -0.39 is 5.56 Å². The highest BCUT2D eigenvalue weighted by Crippen LogP contribution is 2.30. The molecule has 3 aromatic rings. The molecule has 0 fully saturated rings. The molecule has 0 aliphatic rings. The Balaban J connectivity index is 2.41. The number of nitrogens with zero attached hydrogens (tertiary/aromatic N) is 3. The fourth-order valence-electron chi connectivity index (χ4n) is 2.27. The molecule has 0 unspecified atom stereocenters. The Bertz CT molecular complexity index is 1050. The zero-order chi connectivity index (χ0) is 15.9. The summed E-state index contributed by atoms with van der Waals surface area (Å²) < 4.78 is 0.880. The summed E-state index contributed by atoms with van der Waals surface area (Å²) in [7, 11) is 0. The summed E-state index contributed by atoms with van der Waals surface area (Å²) in [4.78, 5) is 14.2. The van der Waals surface area contributed by atoms with E-state index in [1.807, 2.05) is 18.2 Å². The molecule has 0 amide bonds. The Kier molecular flexibility index (Phi) is 3.31. The van der Waals surface area contributed by atoms with Gasteiger partial charge < -0.3 is 10.7 Å². The number of halogens is 1. The van der Waals surface area contributed by atoms with E-state index in [0.717, 1.165) is 9.09 Å². The first-order chi connectivity index (χ1) is 10.6. The second-order valence-corrected chi connectivity index (χ2v) is 5.56. The Labute approximate surface area is 137 Å². The molecular formula is C14H7IN6O. The van der Waals surface area contributed by atoms with Crippen molar-refractivity contribution < 1.29 is 0 Å². The summed E-state index contributed by atoms with van der Waals surface area (Å²) >= 11 is 2.12. The average Bonchev–Trinajstić information content (AvgIpc) is 2.87. The molecule has 4 N–H and O–H groups in total. The molecule has 2 heterocycles. The molecule has 8 heteroatoms. The lowest BCUT2D eigenvalue weighted by Crippen LogP contribution is -2.16. The first-order valence-corrected chi connectivity index (χ1v) is 7.14. The zero-order valence-electron chi connectivity index (χ0n) is 10.9. The van der Waals surface area contributed by atoms with E-state index in [0.29, 0.717) is 11.1 Å². The van der Waals surface area contributed by atoms with Crippen LogP contribution in [0, 0.1) is 26.4 Å². The fourth-order valence-corrected chi connectivity index (χ4v) is 2.84. The Morgan fingerprint density at radius 1 is 1.23 bits per heavy atom. The summed E-state index contributed by atoms with van der Waals surface area (Å²) in [6.07, 6.45) is 0. The van der Waals surface area contributed by atoms with Gasteiger partial charge in [-0.3, -0.25) is 9.89 Å². The third kappa shape index (κ3) is 2.01. The second kappa shape index (κ2) is 5.16. The predicted octanol–water partition coefficient (Wildman–Crippen LogP) is 1.85. The van der Waals surface area contributed by atoms with E-state index in [4.69, 9.17) is 5.73 Å². The third-order valence-corrected chi connectivity index (χ3v) is 4.09. The van der Waals surface area contributed by atoms with Gasteiger partial charge in [-0.2, -0.15) is 15.6 Å². The lowest BCUT2D eigenvalue weighted by molar-refractivity contribution is 1.09. The molecule has 7 nitrogen and oxygen atoms in total. The highest BCUT2D eigenvalue weighted by atomic mass is 127. The Morgan fingerprint density at radius 3 is 2.64 bits per heavy atom. The number of nitrogens with one attached hydrogen (secondary N) is 2. The van der Waals surface area contributed by atoms with Gasteiger partial charge in [-0.05, 0) is 40.3 Å². The molecule has 0 aliphatic carbocycles. The Morgan fingerprint density at radius 2 is 1.95 bits per heavy atom. The molecule has 0 aliphatic heterocycles. The number of benzene rings is 1. The van der Waals surface area contributed by atoms with Crippen LogP contribution in [0.5, 0.6) is 0 Å². The van der Waals surface area contributed by atoms with Gasteiger partial charge >= 0.3 is 0 Å². The van der Waals surface area contributed by atoms with Crippen molar-refractivity contribution in [3.8, 4) is 23.3 Å². The van der Waals surface area contributed by atoms with Crippen molar-refractivity contribution in [1.82, 2.24) is 15.2 Å². The van der Waals surface area contributed by atoms with Gasteiger partial charge in [0.15, 0.2) is 0 Å². The van der Waals surface area contributed by atoms with Crippen molar-refractivity contribution in [2.24, 2.45) is 0 Å². The summed E-state index contributed by atoms with van der Waals surface area (Å²) in [5.74, 6) is -0.0572. The Hall–Kier alpha value is -2.85. The van der Waals surface area contributed by atoms with E-state index in [-0.39, 0.29) is 22.5 Å². The molecule has 106 valence electrons. The van der Waals surface area contributed by atoms with Crippen LogP contribution in [0.15, 0.2) is 23.0 Å². The number of pyridine rings is 1. The number of nitrogen functional groups attached to an aromatic ring is 1. The lowest BCUT2D eigenvalue weighted by atomic mass is 9.96. The summed E-state index contributed by atoms with van der Waals surface area (Å²) in [6, 6.07) is 9.04. The van der Waals surface area contributed by atoms with Gasteiger partial charge in [-0.15, -0.1) is 0 Å². The molecule has 3 rings (SSSR count). The molecule has 0 radical (unpaired) electrons. The number of hydrogen-bond acceptors (Lipinski definition) is 5. The van der Waals surface area contributed by atoms with Crippen molar-refractivity contribution in [2.75, 3.05) is 5.73 Å². The van der Waals surface area contributed by atoms with Crippen LogP contribution in [0.4, 0.5) is 5.82 Å². The van der Waals surface area contributed by atoms with Crippen LogP contribution in [0.2, 0.25) is 0 Å². The van der Waals surface area contributed by atoms with Gasteiger partial charge in [-0.25, -0.2) is 0 Å². The van der Waals surface area contributed by atoms with Gasteiger partial charge in [-0.1, -0.05) is 6.07 Å². The summed E-state index contributed by atoms with van der Waals surface area (Å²) in [6.45, 7) is 0. The highest BCUT2D eigenvalue weighted by molar-refractivity contribution is 14.1. The molecule has 0 spiro atoms. The van der Waals surface area contributed by atoms with Gasteiger partial charge in [0.2, 0.25) is 0 Å². The van der Waals surface area contributed by atoms with E-state index in [9.17, 15) is 15.3 Å². The maximum atomic E-state index is 11.9. The first-order valence-electron chi connectivity index (χ1n) is 6.06. The van der Waals surface area contributed by atoms with E-state index >= 15 is 0 Å². The van der Waals surface area contributed by atoms with Gasteiger partial charge in [0, 0.05) is 10.9 Å². The van der Waals surface area contributed by atoms with Crippen LogP contribution < -0.4 is 11.3 Å². The average molecular weight is 402 g/mol. The molecule has 2 aromatic heterocycles. The minimum absolute atomic E-state index is 0.0572. The second-order valence-electron chi connectivity index (χ2n) is 4.49. The van der Waals surface area contributed by atoms with Gasteiger partial charge in [0.25, 0.3) is 5.56 Å². The van der Waals surface area contributed by atoms with Crippen molar-refractivity contribution in [1.29, 1.82) is 10.5 Å². The number of fused-ring (bicyclic) bond motifs is 1. The van der Waals surface area contributed by atoms with E-state index in [1.54, 1.807) is 12.1 Å². The molecular weight excluding hydrogens is 395 g/mol. The number of nitrogens with two attached hydrogens (primary N) is 1. The van der Waals surface area contributed by atoms with Crippen LogP contribution >= 0.6 is 22.6 Å². The first kappa shape index (κ1) is 14.1. The van der Waals surface area contributed by atoms with E-state index in [1.165, 1.54) is 0 Å². The molecule has 0 saturated carbocycles. The number of aromatic nitrogens is 3. The maximum absolute atomic E-state index is 11.9. The summed E-state index contributed by atoms with van der Waals surface area (Å²) in [5, 5.41) is 26.5. The fraction of sp³-hybridized carbons (Fsp3) is 0. The van der Waals surface area contributed by atoms with E-state index in [2.05, 4.69) is 37.8 Å². The normalized spacial score (nSPS) is 10.3. The lowest BCUT2D eigenvalue weighted by Gasteiger charge is -2.08. The van der Waals surface area contributed by atoms with Gasteiger partial charge in [0.05, 0.1) is 5.52 Å². The highest BCUT2D eigenvalue weighted by Gasteiger charge is 2.18. The minimum Gasteiger partial charge on any atom is -0.384 e. The number of nitriles is 2. The monoisotopic (exact) mass is 402 g/mol. The SMILES string of the molecule is N#Cc1c(N)[nH]c(=O)c(C#N)c1-c1ccc2c(I)[nH]nc2c1. The number of H-pyrrole nitrogens is 2. The molecule has 0 atom stereocenters. The van der Waals surface area contributed by atoms with Crippen LogP contribution in [0.3, 0.4) is 0 Å². The smallest absolute Gasteiger partial charge is 0.268 e. The number of anilines is 1. The quantitative estimate of drug-likeness (QED) is 0.534. The molecule has 0 bridgehead atoms. The standard InChI is InChI=1S/C14H7IN6O/c15-12-7-2-1-6(3-10(7)20-21-12)11-8(4-16)13(18)19-14(22)9(11)5-17/h1-3H,(H,20,21)(H3,18,19,22). The number of rotatable bonds is 1. The molecule has 22 heavy (non-hydrogen) atoms. The maximum Gasteiger partial charge on any atom is 0.268 e. The summed E-state index contributed by atoms with van der Waals surface area (Å²) in [5.41, 5.74) is 6.45. The minimum atomic E-state index is -0.620. The van der Waals surface area contributed by atoms with Crippen molar-refractivity contribution >= 4 is 39.3 Å². The van der Waals surface area contributed by atoms with Crippen molar-refractivity contribution in [2.45, 2.75) is 0 Å². The van der Waals surface area contributed by atoms with Gasteiger partial charge in [0.1, 0.15) is 32.8 Å². The molecule has 0 saturated heterocycles. The van der Waals surface area contributed by atoms with Crippen molar-refractivity contribution in [3.63, 3.8) is 0 Å². The molecule has 1 aromatic carbocycles. The number of aromatic amines is 2. The zero-order valence-corrected chi connectivity index (χ0v) is 13.1. The number of hydrogen-bond donors (Lipinski definition) is 3. The van der Waals surface area contributed by atoms with Crippen LogP contribution in [0.1, 0.15) is 11.1 Å². The largest absolute Gasteiger partial charge is 0.384 e. The van der Waals surface area contributed by atoms with Crippen molar-refractivity contribution in [3.05, 3.63) is 43.4 Å². The third-order valence-electron chi connectivity index (χ3n) is 3.27. The predicted molar refractivity (Wildman–Crippen MR) is 88.7 cm³/mol. The van der Waals surface area contributed by atoms with Crippen LogP contribution in [-0.4, -0.2) is 15.2 Å². The topological polar surface area (TPSA) is 135 Å². The van der Waals surface area contributed by atoms with Crippen LogP contribution in [-0.2, 0) is 0 Å². The van der Waals surface area contributed by atoms with Crippen LogP contribution in [0.25, 0.3) is 22.0 Å².